The van der Waals surface area contributed by atoms with Gasteiger partial charge in [-0.05, 0) is 39.2 Å². The van der Waals surface area contributed by atoms with Crippen LogP contribution in [0.4, 0.5) is 13.2 Å². The van der Waals surface area contributed by atoms with Gasteiger partial charge in [-0.15, -0.1) is 0 Å². The first kappa shape index (κ1) is 17.0. The monoisotopic (exact) mass is 352 g/mol. The van der Waals surface area contributed by atoms with Crippen molar-refractivity contribution in [2.75, 3.05) is 20.6 Å². The summed E-state index contributed by atoms with van der Waals surface area (Å²) in [5.41, 5.74) is -1.31. The van der Waals surface area contributed by atoms with Crippen molar-refractivity contribution in [3.05, 3.63) is 33.8 Å². The Morgan fingerprint density at radius 3 is 2.50 bits per heavy atom. The van der Waals surface area contributed by atoms with Crippen LogP contribution in [-0.4, -0.2) is 37.5 Å². The molecule has 0 radical (unpaired) electrons. The zero-order chi connectivity index (χ0) is 15.5. The molecule has 0 saturated heterocycles. The van der Waals surface area contributed by atoms with E-state index in [0.29, 0.717) is 0 Å². The fourth-order valence-corrected chi connectivity index (χ4v) is 1.83. The Labute approximate surface area is 124 Å². The second kappa shape index (κ2) is 6.58. The zero-order valence-electron chi connectivity index (χ0n) is 11.4. The first-order valence-electron chi connectivity index (χ1n) is 5.94. The molecule has 1 atom stereocenters. The van der Waals surface area contributed by atoms with Gasteiger partial charge in [-0.2, -0.15) is 13.2 Å². The molecule has 20 heavy (non-hydrogen) atoms. The molecule has 0 heterocycles. The van der Waals surface area contributed by atoms with E-state index in [1.807, 2.05) is 25.9 Å². The highest BCUT2D eigenvalue weighted by Crippen LogP contribution is 2.33. The van der Waals surface area contributed by atoms with Gasteiger partial charge in [-0.1, -0.05) is 15.9 Å². The molecule has 0 aliphatic heterocycles. The fraction of sp³-hybridized carbons (Fsp3) is 0.462. The van der Waals surface area contributed by atoms with Crippen LogP contribution >= 0.6 is 15.9 Å². The smallest absolute Gasteiger partial charge is 0.350 e. The van der Waals surface area contributed by atoms with E-state index in [4.69, 9.17) is 0 Å². The van der Waals surface area contributed by atoms with Crippen molar-refractivity contribution in [3.8, 4) is 0 Å². The maximum Gasteiger partial charge on any atom is 0.417 e. The number of alkyl halides is 3. The summed E-state index contributed by atoms with van der Waals surface area (Å²) < 4.78 is 39.0. The Hall–Kier alpha value is -1.08. The molecule has 1 aromatic carbocycles. The predicted octanol–water partition coefficient (Wildman–Crippen LogP) is 3.15. The summed E-state index contributed by atoms with van der Waals surface area (Å²) in [5.74, 6) is -0.724. The molecule has 0 aromatic heterocycles. The van der Waals surface area contributed by atoms with Crippen LogP contribution in [0.2, 0.25) is 0 Å². The van der Waals surface area contributed by atoms with E-state index < -0.39 is 17.6 Å². The first-order valence-corrected chi connectivity index (χ1v) is 6.73. The van der Waals surface area contributed by atoms with Crippen LogP contribution in [0.25, 0.3) is 0 Å². The second-order valence-corrected chi connectivity index (χ2v) is 5.63. The number of nitrogens with zero attached hydrogens (tertiary/aromatic N) is 1. The molecular weight excluding hydrogens is 337 g/mol. The van der Waals surface area contributed by atoms with Crippen molar-refractivity contribution in [1.29, 1.82) is 0 Å². The van der Waals surface area contributed by atoms with Gasteiger partial charge in [-0.3, -0.25) is 4.79 Å². The second-order valence-electron chi connectivity index (χ2n) is 4.71. The molecule has 1 amide bonds. The Kier molecular flexibility index (Phi) is 5.59. The van der Waals surface area contributed by atoms with Gasteiger partial charge in [0.15, 0.2) is 0 Å². The quantitative estimate of drug-likeness (QED) is 0.902. The lowest BCUT2D eigenvalue weighted by molar-refractivity contribution is -0.138. The Balaban J connectivity index is 2.93. The number of nitrogens with one attached hydrogen (secondary N) is 1. The van der Waals surface area contributed by atoms with Gasteiger partial charge in [0.05, 0.1) is 11.1 Å². The van der Waals surface area contributed by atoms with Gasteiger partial charge in [-0.25, -0.2) is 0 Å². The molecule has 3 nitrogen and oxygen atoms in total. The number of benzene rings is 1. The van der Waals surface area contributed by atoms with Crippen LogP contribution in [-0.2, 0) is 6.18 Å². The Morgan fingerprint density at radius 2 is 2.00 bits per heavy atom. The lowest BCUT2D eigenvalue weighted by atomic mass is 10.1. The zero-order valence-corrected chi connectivity index (χ0v) is 13.0. The molecule has 0 bridgehead atoms. The molecule has 1 N–H and O–H groups in total. The van der Waals surface area contributed by atoms with E-state index in [-0.39, 0.29) is 22.6 Å². The van der Waals surface area contributed by atoms with Crippen molar-refractivity contribution in [3.63, 3.8) is 0 Å². The minimum Gasteiger partial charge on any atom is -0.350 e. The highest BCUT2D eigenvalue weighted by Gasteiger charge is 2.35. The van der Waals surface area contributed by atoms with Gasteiger partial charge in [0.2, 0.25) is 0 Å². The van der Waals surface area contributed by atoms with Crippen molar-refractivity contribution >= 4 is 21.8 Å². The van der Waals surface area contributed by atoms with Crippen LogP contribution in [0.15, 0.2) is 22.7 Å². The largest absolute Gasteiger partial charge is 0.417 e. The maximum atomic E-state index is 12.9. The molecule has 0 aliphatic rings. The van der Waals surface area contributed by atoms with E-state index in [1.165, 1.54) is 12.1 Å². The normalized spacial score (nSPS) is 13.4. The van der Waals surface area contributed by atoms with Crippen LogP contribution in [0.5, 0.6) is 0 Å². The first-order chi connectivity index (χ1) is 9.12. The van der Waals surface area contributed by atoms with Crippen LogP contribution in [0.1, 0.15) is 22.8 Å². The summed E-state index contributed by atoms with van der Waals surface area (Å²) >= 11 is 2.98. The fourth-order valence-electron chi connectivity index (χ4n) is 1.47. The Bertz CT molecular complexity index is 489. The maximum absolute atomic E-state index is 12.9. The van der Waals surface area contributed by atoms with Crippen molar-refractivity contribution in [2.24, 2.45) is 0 Å². The number of likely N-dealkylation sites (N-methyl/N-ethyl adjacent to an activating group) is 1. The minimum absolute atomic E-state index is 0.0312. The number of halogens is 4. The van der Waals surface area contributed by atoms with Crippen molar-refractivity contribution in [2.45, 2.75) is 19.1 Å². The average molecular weight is 353 g/mol. The number of hydrogen-bond acceptors (Lipinski definition) is 2. The number of carbonyl (C=O) groups is 1. The molecule has 1 rings (SSSR count). The molecular formula is C13H16BrF3N2O. The summed E-state index contributed by atoms with van der Waals surface area (Å²) in [4.78, 5) is 13.8. The SMILES string of the molecule is CC(CNC(=O)c1ccc(Br)cc1C(F)(F)F)N(C)C. The third-order valence-corrected chi connectivity index (χ3v) is 3.46. The number of hydrogen-bond donors (Lipinski definition) is 1. The van der Waals surface area contributed by atoms with Gasteiger partial charge in [0.1, 0.15) is 0 Å². The van der Waals surface area contributed by atoms with Crippen molar-refractivity contribution < 1.29 is 18.0 Å². The summed E-state index contributed by atoms with van der Waals surface area (Å²) in [6.07, 6.45) is -4.57. The van der Waals surface area contributed by atoms with Gasteiger partial charge in [0.25, 0.3) is 5.91 Å². The third-order valence-electron chi connectivity index (χ3n) is 2.97. The van der Waals surface area contributed by atoms with E-state index in [1.54, 1.807) is 0 Å². The number of amides is 1. The summed E-state index contributed by atoms with van der Waals surface area (Å²) in [6, 6.07) is 3.52. The number of rotatable bonds is 4. The van der Waals surface area contributed by atoms with E-state index in [9.17, 15) is 18.0 Å². The highest BCUT2D eigenvalue weighted by atomic mass is 79.9. The molecule has 0 saturated carbocycles. The van der Waals surface area contributed by atoms with E-state index >= 15 is 0 Å². The number of carbonyl (C=O) groups excluding carboxylic acids is 1. The van der Waals surface area contributed by atoms with E-state index in [2.05, 4.69) is 21.2 Å². The van der Waals surface area contributed by atoms with Gasteiger partial charge >= 0.3 is 6.18 Å². The van der Waals surface area contributed by atoms with Gasteiger partial charge < -0.3 is 10.2 Å². The molecule has 0 spiro atoms. The molecule has 7 heteroatoms. The van der Waals surface area contributed by atoms with Crippen LogP contribution < -0.4 is 5.32 Å². The van der Waals surface area contributed by atoms with Crippen molar-refractivity contribution in [1.82, 2.24) is 10.2 Å². The van der Waals surface area contributed by atoms with Crippen LogP contribution in [0, 0.1) is 0 Å². The van der Waals surface area contributed by atoms with E-state index in [0.717, 1.165) is 6.07 Å². The lowest BCUT2D eigenvalue weighted by Gasteiger charge is -2.20. The average Bonchev–Trinajstić information content (AvgIpc) is 2.34. The molecule has 0 aliphatic carbocycles. The molecule has 0 fully saturated rings. The lowest BCUT2D eigenvalue weighted by Crippen LogP contribution is -2.38. The molecule has 1 unspecified atom stereocenters. The van der Waals surface area contributed by atoms with Gasteiger partial charge in [0, 0.05) is 17.1 Å². The minimum atomic E-state index is -4.57. The summed E-state index contributed by atoms with van der Waals surface area (Å²) in [6.45, 7) is 2.14. The Morgan fingerprint density at radius 1 is 1.40 bits per heavy atom. The summed E-state index contributed by atoms with van der Waals surface area (Å²) in [7, 11) is 3.66. The highest BCUT2D eigenvalue weighted by molar-refractivity contribution is 9.10. The third kappa shape index (κ3) is 4.49. The topological polar surface area (TPSA) is 32.3 Å². The standard InChI is InChI=1S/C13H16BrF3N2O/c1-8(19(2)3)7-18-12(20)10-5-4-9(14)6-11(10)13(15,16)17/h4-6,8H,7H2,1-3H3,(H,18,20). The van der Waals surface area contributed by atoms with Crippen LogP contribution in [0.3, 0.4) is 0 Å². The molecule has 112 valence electrons. The predicted molar refractivity (Wildman–Crippen MR) is 74.6 cm³/mol. The summed E-state index contributed by atoms with van der Waals surface area (Å²) in [5, 5.41) is 2.52. The molecule has 1 aromatic rings.